The zero-order valence-electron chi connectivity index (χ0n) is 12.2. The van der Waals surface area contributed by atoms with Crippen molar-refractivity contribution in [1.29, 1.82) is 0 Å². The summed E-state index contributed by atoms with van der Waals surface area (Å²) < 4.78 is 0. The van der Waals surface area contributed by atoms with Gasteiger partial charge in [-0.05, 0) is 0 Å². The monoisotopic (exact) mass is 466 g/mol. The summed E-state index contributed by atoms with van der Waals surface area (Å²) in [5.41, 5.74) is 2.73. The molecule has 19 heavy (non-hydrogen) atoms. The first-order chi connectivity index (χ1) is 7.61. The molecule has 0 bridgehead atoms. The number of rotatable bonds is 2. The van der Waals surface area contributed by atoms with E-state index in [2.05, 4.69) is 64.2 Å². The van der Waals surface area contributed by atoms with Crippen molar-refractivity contribution in [2.45, 2.75) is 40.5 Å². The Morgan fingerprint density at radius 2 is 1.11 bits per heavy atom. The van der Waals surface area contributed by atoms with E-state index in [1.165, 1.54) is 11.1 Å². The van der Waals surface area contributed by atoms with E-state index in [0.29, 0.717) is 11.8 Å². The van der Waals surface area contributed by atoms with Crippen LogP contribution in [0.5, 0.6) is 0 Å². The fourth-order valence-corrected chi connectivity index (χ4v) is 1.64. The largest absolute Gasteiger partial charge is 0.269 e. The minimum absolute atomic E-state index is 0. The standard InChI is InChI=1S/2C8H11.2ClH.Hf/c2*1-7(2)8-5-3-4-6-8;;;/h2*3,5,7H,4H2,1-2H3;2*1H;/q2*-1;;;. The molecule has 0 nitrogen and oxygen atoms in total. The second-order valence-corrected chi connectivity index (χ2v) is 4.79. The minimum Gasteiger partial charge on any atom is -0.269 e. The summed E-state index contributed by atoms with van der Waals surface area (Å²) in [6.07, 6.45) is 17.2. The van der Waals surface area contributed by atoms with Crippen LogP contribution in [0.15, 0.2) is 35.5 Å². The topological polar surface area (TPSA) is 0 Å². The molecule has 0 aromatic carbocycles. The van der Waals surface area contributed by atoms with Gasteiger partial charge in [0.25, 0.3) is 0 Å². The van der Waals surface area contributed by atoms with Crippen LogP contribution in [0.2, 0.25) is 0 Å². The minimum atomic E-state index is 0. The van der Waals surface area contributed by atoms with Crippen molar-refractivity contribution in [3.8, 4) is 0 Å². The first kappa shape index (κ1) is 24.4. The molecule has 3 heteroatoms. The Morgan fingerprint density at radius 3 is 1.21 bits per heavy atom. The summed E-state index contributed by atoms with van der Waals surface area (Å²) in [4.78, 5) is 0. The van der Waals surface area contributed by atoms with Crippen LogP contribution in [-0.2, 0) is 25.8 Å². The van der Waals surface area contributed by atoms with E-state index in [4.69, 9.17) is 0 Å². The Balaban J connectivity index is -0.000000233. The summed E-state index contributed by atoms with van der Waals surface area (Å²) in [5, 5.41) is 0. The van der Waals surface area contributed by atoms with E-state index in [1.54, 1.807) is 0 Å². The number of halogens is 2. The van der Waals surface area contributed by atoms with Crippen LogP contribution in [0.3, 0.4) is 0 Å². The predicted octanol–water partition coefficient (Wildman–Crippen LogP) is 5.50. The van der Waals surface area contributed by atoms with Gasteiger partial charge >= 0.3 is 0 Å². The molecule has 0 N–H and O–H groups in total. The molecule has 0 aliphatic heterocycles. The molecule has 0 aromatic rings. The van der Waals surface area contributed by atoms with E-state index in [1.807, 2.05) is 0 Å². The average Bonchev–Trinajstić information content (AvgIpc) is 2.93. The Kier molecular flexibility index (Phi) is 17.2. The molecule has 2 rings (SSSR count). The second-order valence-electron chi connectivity index (χ2n) is 4.79. The molecule has 0 unspecified atom stereocenters. The van der Waals surface area contributed by atoms with E-state index in [9.17, 15) is 0 Å². The molecular weight excluding hydrogens is 442 g/mol. The predicted molar refractivity (Wildman–Crippen MR) is 85.2 cm³/mol. The number of hydrogen-bond donors (Lipinski definition) is 0. The van der Waals surface area contributed by atoms with Crippen molar-refractivity contribution in [2.24, 2.45) is 11.8 Å². The van der Waals surface area contributed by atoms with Crippen LogP contribution in [-0.4, -0.2) is 0 Å². The molecule has 0 fully saturated rings. The molecule has 2 aliphatic carbocycles. The van der Waals surface area contributed by atoms with Gasteiger partial charge in [-0.1, -0.05) is 39.5 Å². The van der Waals surface area contributed by atoms with Crippen LogP contribution in [0.25, 0.3) is 0 Å². The Hall–Kier alpha value is 0.410. The van der Waals surface area contributed by atoms with Gasteiger partial charge in [0.2, 0.25) is 0 Å². The normalized spacial score (nSPS) is 14.8. The SMILES string of the molecule is CC(C)C1=[C-]CC=C1.CC(C)C1=[C-]CC=C1.Cl.Cl.[Hf]. The fourth-order valence-electron chi connectivity index (χ4n) is 1.64. The van der Waals surface area contributed by atoms with Gasteiger partial charge in [-0.15, -0.1) is 37.7 Å². The van der Waals surface area contributed by atoms with Crippen LogP contribution in [0.1, 0.15) is 40.5 Å². The average molecular weight is 466 g/mol. The quantitative estimate of drug-likeness (QED) is 0.373. The van der Waals surface area contributed by atoms with E-state index < -0.39 is 0 Å². The molecule has 0 spiro atoms. The van der Waals surface area contributed by atoms with Crippen molar-refractivity contribution in [1.82, 2.24) is 0 Å². The van der Waals surface area contributed by atoms with Gasteiger partial charge in [-0.2, -0.15) is 12.2 Å². The molecule has 0 heterocycles. The molecule has 0 radical (unpaired) electrons. The Morgan fingerprint density at radius 1 is 0.789 bits per heavy atom. The van der Waals surface area contributed by atoms with Crippen molar-refractivity contribution in [3.63, 3.8) is 0 Å². The maximum absolute atomic E-state index is 3.26. The van der Waals surface area contributed by atoms with Crippen molar-refractivity contribution < 1.29 is 25.8 Å². The molecule has 0 saturated heterocycles. The molecular formula is C16H24Cl2Hf-2. The fraction of sp³-hybridized carbons (Fsp3) is 0.500. The third-order valence-electron chi connectivity index (χ3n) is 2.69. The zero-order chi connectivity index (χ0) is 12.0. The summed E-state index contributed by atoms with van der Waals surface area (Å²) in [7, 11) is 0. The molecule has 0 saturated carbocycles. The third kappa shape index (κ3) is 9.87. The Bertz CT molecular complexity index is 303. The van der Waals surface area contributed by atoms with Crippen LogP contribution >= 0.6 is 24.8 Å². The summed E-state index contributed by atoms with van der Waals surface area (Å²) in [6.45, 7) is 8.77. The zero-order valence-corrected chi connectivity index (χ0v) is 17.4. The van der Waals surface area contributed by atoms with Crippen molar-refractivity contribution >= 4 is 24.8 Å². The maximum Gasteiger partial charge on any atom is 0 e. The number of allylic oxidation sites excluding steroid dienone is 8. The second kappa shape index (κ2) is 13.4. The first-order valence-electron chi connectivity index (χ1n) is 6.15. The summed E-state index contributed by atoms with van der Waals surface area (Å²) in [5.74, 6) is 1.32. The molecule has 0 amide bonds. The van der Waals surface area contributed by atoms with Gasteiger partial charge in [0.05, 0.1) is 0 Å². The van der Waals surface area contributed by atoms with Gasteiger partial charge in [0.15, 0.2) is 0 Å². The maximum atomic E-state index is 3.26. The van der Waals surface area contributed by atoms with Gasteiger partial charge < -0.3 is 0 Å². The molecule has 2 aliphatic rings. The van der Waals surface area contributed by atoms with Gasteiger partial charge in [0.1, 0.15) is 0 Å². The van der Waals surface area contributed by atoms with Crippen LogP contribution in [0, 0.1) is 24.0 Å². The van der Waals surface area contributed by atoms with Crippen molar-refractivity contribution in [3.05, 3.63) is 47.6 Å². The first-order valence-corrected chi connectivity index (χ1v) is 6.15. The molecule has 108 valence electrons. The van der Waals surface area contributed by atoms with Crippen LogP contribution in [0.4, 0.5) is 0 Å². The molecule has 0 atom stereocenters. The third-order valence-corrected chi connectivity index (χ3v) is 2.69. The van der Waals surface area contributed by atoms with E-state index in [0.717, 1.165) is 12.8 Å². The van der Waals surface area contributed by atoms with Gasteiger partial charge in [-0.3, -0.25) is 12.2 Å². The Labute approximate surface area is 150 Å². The smallest absolute Gasteiger partial charge is 0 e. The van der Waals surface area contributed by atoms with Crippen molar-refractivity contribution in [2.75, 3.05) is 0 Å². The van der Waals surface area contributed by atoms with E-state index in [-0.39, 0.29) is 50.7 Å². The van der Waals surface area contributed by atoms with Crippen LogP contribution < -0.4 is 0 Å². The number of hydrogen-bond acceptors (Lipinski definition) is 0. The summed E-state index contributed by atoms with van der Waals surface area (Å²) in [6, 6.07) is 0. The van der Waals surface area contributed by atoms with Gasteiger partial charge in [-0.25, -0.2) is 23.3 Å². The van der Waals surface area contributed by atoms with Gasteiger partial charge in [0, 0.05) is 25.8 Å². The molecule has 0 aromatic heterocycles. The van der Waals surface area contributed by atoms with E-state index >= 15 is 0 Å². The summed E-state index contributed by atoms with van der Waals surface area (Å²) >= 11 is 0.